The molecule has 6 nitrogen and oxygen atoms in total. The van der Waals surface area contributed by atoms with Crippen molar-refractivity contribution in [1.29, 1.82) is 5.26 Å². The molecule has 32 heavy (non-hydrogen) atoms. The zero-order valence-corrected chi connectivity index (χ0v) is 17.8. The highest BCUT2D eigenvalue weighted by Crippen LogP contribution is 2.20. The molecule has 0 saturated carbocycles. The van der Waals surface area contributed by atoms with E-state index in [1.54, 1.807) is 12.1 Å². The van der Waals surface area contributed by atoms with Crippen LogP contribution in [0.1, 0.15) is 16.7 Å². The second-order valence-electron chi connectivity index (χ2n) is 8.37. The lowest BCUT2D eigenvalue weighted by atomic mass is 10.1. The second-order valence-corrected chi connectivity index (χ2v) is 8.37. The predicted molar refractivity (Wildman–Crippen MR) is 115 cm³/mol. The van der Waals surface area contributed by atoms with E-state index in [4.69, 9.17) is 10.00 Å². The molecule has 0 aliphatic carbocycles. The van der Waals surface area contributed by atoms with Gasteiger partial charge in [-0.3, -0.25) is 14.6 Å². The largest absolute Gasteiger partial charge is 0.370 e. The van der Waals surface area contributed by atoms with E-state index in [-0.39, 0.29) is 23.7 Å². The molecule has 0 aromatic heterocycles. The molecule has 2 saturated heterocycles. The van der Waals surface area contributed by atoms with Gasteiger partial charge in [0.25, 0.3) is 0 Å². The monoisotopic (exact) mass is 440 g/mol. The van der Waals surface area contributed by atoms with Crippen molar-refractivity contribution < 1.29 is 18.3 Å². The fourth-order valence-electron chi connectivity index (χ4n) is 4.37. The molecule has 2 aliphatic rings. The standard InChI is InChI=1S/C24H26F2N4O2/c25-22-2-1-3-23(26)21(22)8-9-29-12-19-14-30(15-20(13-29)32-19)16-24(31)28-11-18-6-4-17(10-27)5-7-18/h1-7,19-20H,8-9,11-16H2,(H,28,31). The molecule has 1 amide bonds. The lowest BCUT2D eigenvalue weighted by molar-refractivity contribution is -0.144. The summed E-state index contributed by atoms with van der Waals surface area (Å²) in [7, 11) is 0. The summed E-state index contributed by atoms with van der Waals surface area (Å²) in [6, 6.07) is 13.2. The van der Waals surface area contributed by atoms with Crippen molar-refractivity contribution in [2.45, 2.75) is 25.2 Å². The molecule has 2 unspecified atom stereocenters. The van der Waals surface area contributed by atoms with Crippen LogP contribution < -0.4 is 5.32 Å². The average Bonchev–Trinajstić information content (AvgIpc) is 2.77. The number of nitriles is 1. The van der Waals surface area contributed by atoms with Gasteiger partial charge in [-0.2, -0.15) is 5.26 Å². The van der Waals surface area contributed by atoms with E-state index in [0.29, 0.717) is 57.8 Å². The quantitative estimate of drug-likeness (QED) is 0.714. The van der Waals surface area contributed by atoms with Crippen molar-refractivity contribution in [3.63, 3.8) is 0 Å². The Morgan fingerprint density at radius 1 is 1.03 bits per heavy atom. The number of fused-ring (bicyclic) bond motifs is 2. The highest BCUT2D eigenvalue weighted by Gasteiger charge is 2.35. The van der Waals surface area contributed by atoms with Gasteiger partial charge in [-0.05, 0) is 36.2 Å². The molecule has 2 fully saturated rings. The van der Waals surface area contributed by atoms with Gasteiger partial charge in [0, 0.05) is 44.8 Å². The third kappa shape index (κ3) is 5.68. The van der Waals surface area contributed by atoms with Crippen LogP contribution in [0.2, 0.25) is 0 Å². The zero-order chi connectivity index (χ0) is 22.5. The number of amides is 1. The van der Waals surface area contributed by atoms with Gasteiger partial charge in [0.15, 0.2) is 0 Å². The van der Waals surface area contributed by atoms with Crippen molar-refractivity contribution in [3.05, 3.63) is 70.8 Å². The first-order valence-electron chi connectivity index (χ1n) is 10.8. The molecule has 168 valence electrons. The summed E-state index contributed by atoms with van der Waals surface area (Å²) in [5.41, 5.74) is 1.66. The Hall–Kier alpha value is -2.86. The van der Waals surface area contributed by atoms with Crippen molar-refractivity contribution in [2.75, 3.05) is 39.3 Å². The molecule has 2 heterocycles. The smallest absolute Gasteiger partial charge is 0.234 e. The summed E-state index contributed by atoms with van der Waals surface area (Å²) in [5.74, 6) is -1.06. The predicted octanol–water partition coefficient (Wildman–Crippen LogP) is 2.08. The molecule has 2 atom stereocenters. The lowest BCUT2D eigenvalue weighted by Gasteiger charge is -2.45. The van der Waals surface area contributed by atoms with Gasteiger partial charge in [-0.25, -0.2) is 8.78 Å². The molecular formula is C24H26F2N4O2. The van der Waals surface area contributed by atoms with Gasteiger partial charge in [-0.15, -0.1) is 0 Å². The van der Waals surface area contributed by atoms with Crippen molar-refractivity contribution in [3.8, 4) is 6.07 Å². The van der Waals surface area contributed by atoms with Crippen LogP contribution in [-0.2, 0) is 22.5 Å². The molecule has 2 aliphatic heterocycles. The Bertz CT molecular complexity index is 958. The maximum Gasteiger partial charge on any atom is 0.234 e. The molecule has 8 heteroatoms. The highest BCUT2D eigenvalue weighted by molar-refractivity contribution is 5.78. The van der Waals surface area contributed by atoms with Gasteiger partial charge < -0.3 is 10.1 Å². The van der Waals surface area contributed by atoms with Crippen LogP contribution in [0, 0.1) is 23.0 Å². The first kappa shape index (κ1) is 22.3. The summed E-state index contributed by atoms with van der Waals surface area (Å²) in [6.07, 6.45) is 0.262. The normalized spacial score (nSPS) is 21.2. The number of hydrogen-bond acceptors (Lipinski definition) is 5. The Labute approximate surface area is 186 Å². The minimum absolute atomic E-state index is 0.0284. The number of carbonyl (C=O) groups excluding carboxylic acids is 1. The van der Waals surface area contributed by atoms with E-state index in [9.17, 15) is 13.6 Å². The Morgan fingerprint density at radius 2 is 1.66 bits per heavy atom. The first-order valence-corrected chi connectivity index (χ1v) is 10.8. The van der Waals surface area contributed by atoms with Crippen LogP contribution in [0.4, 0.5) is 8.78 Å². The van der Waals surface area contributed by atoms with Crippen LogP contribution in [0.5, 0.6) is 0 Å². The van der Waals surface area contributed by atoms with Crippen LogP contribution >= 0.6 is 0 Å². The number of carbonyl (C=O) groups is 1. The van der Waals surface area contributed by atoms with Gasteiger partial charge in [0.2, 0.25) is 5.91 Å². The molecule has 2 aromatic carbocycles. The summed E-state index contributed by atoms with van der Waals surface area (Å²) < 4.78 is 33.8. The van der Waals surface area contributed by atoms with E-state index in [1.807, 2.05) is 12.1 Å². The molecular weight excluding hydrogens is 414 g/mol. The maximum absolute atomic E-state index is 13.9. The third-order valence-corrected chi connectivity index (χ3v) is 5.91. The highest BCUT2D eigenvalue weighted by atomic mass is 19.1. The number of ether oxygens (including phenoxy) is 1. The van der Waals surface area contributed by atoms with Gasteiger partial charge in [0.05, 0.1) is 30.4 Å². The fraction of sp³-hybridized carbons (Fsp3) is 0.417. The summed E-state index contributed by atoms with van der Waals surface area (Å²) >= 11 is 0. The summed E-state index contributed by atoms with van der Waals surface area (Å²) in [4.78, 5) is 16.7. The molecule has 4 rings (SSSR count). The SMILES string of the molecule is N#Cc1ccc(CNC(=O)CN2CC3CN(CCc4c(F)cccc4F)CC(C2)O3)cc1. The number of benzene rings is 2. The topological polar surface area (TPSA) is 68.6 Å². The van der Waals surface area contributed by atoms with Crippen LogP contribution in [0.15, 0.2) is 42.5 Å². The number of nitrogens with zero attached hydrogens (tertiary/aromatic N) is 3. The summed E-state index contributed by atoms with van der Waals surface area (Å²) in [6.45, 7) is 3.93. The Kier molecular flexibility index (Phi) is 7.10. The summed E-state index contributed by atoms with van der Waals surface area (Å²) in [5, 5.41) is 11.8. The van der Waals surface area contributed by atoms with Gasteiger partial charge in [-0.1, -0.05) is 18.2 Å². The molecule has 0 radical (unpaired) electrons. The average molecular weight is 440 g/mol. The van der Waals surface area contributed by atoms with Gasteiger partial charge in [0.1, 0.15) is 11.6 Å². The fourth-order valence-corrected chi connectivity index (χ4v) is 4.37. The number of morpholine rings is 2. The number of rotatable bonds is 7. The Balaban J connectivity index is 1.22. The first-order chi connectivity index (χ1) is 15.5. The van der Waals surface area contributed by atoms with E-state index in [0.717, 1.165) is 5.56 Å². The minimum Gasteiger partial charge on any atom is -0.370 e. The lowest BCUT2D eigenvalue weighted by Crippen LogP contribution is -2.60. The van der Waals surface area contributed by atoms with Crippen LogP contribution in [-0.4, -0.2) is 67.2 Å². The second kappa shape index (κ2) is 10.2. The minimum atomic E-state index is -0.503. The van der Waals surface area contributed by atoms with Crippen molar-refractivity contribution in [1.82, 2.24) is 15.1 Å². The van der Waals surface area contributed by atoms with E-state index in [2.05, 4.69) is 21.2 Å². The number of nitrogens with one attached hydrogen (secondary N) is 1. The third-order valence-electron chi connectivity index (χ3n) is 5.91. The van der Waals surface area contributed by atoms with E-state index in [1.165, 1.54) is 18.2 Å². The molecule has 2 aromatic rings. The number of hydrogen-bond donors (Lipinski definition) is 1. The molecule has 0 spiro atoms. The molecule has 1 N–H and O–H groups in total. The van der Waals surface area contributed by atoms with E-state index >= 15 is 0 Å². The Morgan fingerprint density at radius 3 is 2.28 bits per heavy atom. The van der Waals surface area contributed by atoms with E-state index < -0.39 is 11.6 Å². The maximum atomic E-state index is 13.9. The molecule has 2 bridgehead atoms. The van der Waals surface area contributed by atoms with Crippen molar-refractivity contribution >= 4 is 5.91 Å². The van der Waals surface area contributed by atoms with Gasteiger partial charge >= 0.3 is 0 Å². The van der Waals surface area contributed by atoms with Crippen molar-refractivity contribution in [2.24, 2.45) is 0 Å². The number of halogens is 2. The van der Waals surface area contributed by atoms with Crippen LogP contribution in [0.3, 0.4) is 0 Å². The van der Waals surface area contributed by atoms with Crippen LogP contribution in [0.25, 0.3) is 0 Å². The zero-order valence-electron chi connectivity index (χ0n) is 17.8.